The zero-order chi connectivity index (χ0) is 27.9. The topological polar surface area (TPSA) is 51.6 Å². The predicted molar refractivity (Wildman–Crippen MR) is 172 cm³/mol. The molecule has 0 amide bonds. The molecule has 0 N–H and O–H groups in total. The van der Waals surface area contributed by atoms with Gasteiger partial charge in [0.2, 0.25) is 0 Å². The van der Waals surface area contributed by atoms with Crippen LogP contribution in [0.3, 0.4) is 0 Å². The van der Waals surface area contributed by atoms with Crippen LogP contribution in [-0.4, -0.2) is 19.9 Å². The van der Waals surface area contributed by atoms with Crippen LogP contribution in [0.1, 0.15) is 0 Å². The highest BCUT2D eigenvalue weighted by atomic mass is 15.0. The number of nitrogens with zero attached hydrogens (tertiary/aromatic N) is 4. The van der Waals surface area contributed by atoms with Gasteiger partial charge in [0, 0.05) is 27.6 Å². The Hall–Kier alpha value is -5.74. The van der Waals surface area contributed by atoms with Crippen molar-refractivity contribution in [1.82, 2.24) is 19.9 Å². The van der Waals surface area contributed by atoms with Crippen molar-refractivity contribution >= 4 is 32.4 Å². The van der Waals surface area contributed by atoms with E-state index in [4.69, 9.17) is 19.9 Å². The van der Waals surface area contributed by atoms with Gasteiger partial charge in [-0.05, 0) is 51.9 Å². The van der Waals surface area contributed by atoms with Crippen LogP contribution < -0.4 is 0 Å². The second-order valence-corrected chi connectivity index (χ2v) is 10.3. The normalized spacial score (nSPS) is 11.3. The molecule has 0 unspecified atom stereocenters. The van der Waals surface area contributed by atoms with Gasteiger partial charge < -0.3 is 0 Å². The van der Waals surface area contributed by atoms with E-state index in [9.17, 15) is 0 Å². The van der Waals surface area contributed by atoms with E-state index >= 15 is 0 Å². The molecule has 0 aliphatic heterocycles. The minimum Gasteiger partial charge on any atom is -0.248 e. The molecule has 0 saturated heterocycles. The van der Waals surface area contributed by atoms with Crippen molar-refractivity contribution in [3.63, 3.8) is 0 Å². The van der Waals surface area contributed by atoms with E-state index in [2.05, 4.69) is 84.9 Å². The van der Waals surface area contributed by atoms with Gasteiger partial charge in [-0.25, -0.2) is 19.9 Å². The van der Waals surface area contributed by atoms with Crippen LogP contribution in [-0.2, 0) is 0 Å². The van der Waals surface area contributed by atoms with E-state index < -0.39 is 0 Å². The van der Waals surface area contributed by atoms with Crippen LogP contribution in [0.5, 0.6) is 0 Å². The largest absolute Gasteiger partial charge is 0.248 e. The Morgan fingerprint density at radius 1 is 0.333 bits per heavy atom. The van der Waals surface area contributed by atoms with Gasteiger partial charge in [-0.3, -0.25) is 0 Å². The van der Waals surface area contributed by atoms with E-state index in [-0.39, 0.29) is 0 Å². The molecule has 42 heavy (non-hydrogen) atoms. The summed E-state index contributed by atoms with van der Waals surface area (Å²) < 4.78 is 0. The average Bonchev–Trinajstić information content (AvgIpc) is 3.07. The lowest BCUT2D eigenvalue weighted by molar-refractivity contribution is 1.07. The van der Waals surface area contributed by atoms with E-state index in [1.165, 1.54) is 21.5 Å². The molecule has 2 aromatic heterocycles. The van der Waals surface area contributed by atoms with Gasteiger partial charge in [-0.2, -0.15) is 0 Å². The second-order valence-electron chi connectivity index (χ2n) is 10.3. The van der Waals surface area contributed by atoms with Gasteiger partial charge in [0.05, 0.1) is 11.2 Å². The van der Waals surface area contributed by atoms with Crippen molar-refractivity contribution in [3.05, 3.63) is 146 Å². The summed E-state index contributed by atoms with van der Waals surface area (Å²) in [6.45, 7) is 0. The van der Waals surface area contributed by atoms with Crippen LogP contribution in [0.15, 0.2) is 146 Å². The first kappa shape index (κ1) is 24.1. The maximum atomic E-state index is 5.16. The molecule has 0 atom stereocenters. The summed E-state index contributed by atoms with van der Waals surface area (Å²) in [7, 11) is 0. The first-order valence-electron chi connectivity index (χ1n) is 14.0. The average molecular weight is 537 g/mol. The molecule has 0 saturated carbocycles. The molecule has 0 bridgehead atoms. The molecule has 0 aliphatic carbocycles. The summed E-state index contributed by atoms with van der Waals surface area (Å²) in [6.07, 6.45) is 0. The Morgan fingerprint density at radius 3 is 1.45 bits per heavy atom. The first-order valence-corrected chi connectivity index (χ1v) is 14.0. The zero-order valence-corrected chi connectivity index (χ0v) is 22.6. The Balaban J connectivity index is 1.27. The molecule has 0 aliphatic rings. The summed E-state index contributed by atoms with van der Waals surface area (Å²) in [6, 6.07) is 49.9. The number of hydrogen-bond acceptors (Lipinski definition) is 4. The minimum absolute atomic E-state index is 0.633. The van der Waals surface area contributed by atoms with Gasteiger partial charge in [0.15, 0.2) is 17.5 Å². The van der Waals surface area contributed by atoms with Crippen LogP contribution in [0.4, 0.5) is 0 Å². The smallest absolute Gasteiger partial charge is 0.164 e. The lowest BCUT2D eigenvalue weighted by atomic mass is 9.94. The number of hydrogen-bond donors (Lipinski definition) is 0. The van der Waals surface area contributed by atoms with Gasteiger partial charge in [-0.15, -0.1) is 0 Å². The van der Waals surface area contributed by atoms with E-state index in [0.717, 1.165) is 38.9 Å². The SMILES string of the molecule is c1ccc(-c2nc(-c3ccccc3)nc(-c3ccc4nc(-c5c6ccccc6cc6ccccc56)ccc4c3)n2)cc1. The molecule has 196 valence electrons. The van der Waals surface area contributed by atoms with Crippen molar-refractivity contribution < 1.29 is 0 Å². The van der Waals surface area contributed by atoms with Crippen LogP contribution >= 0.6 is 0 Å². The van der Waals surface area contributed by atoms with E-state index in [1.807, 2.05) is 60.7 Å². The Labute approximate surface area is 243 Å². The number of aromatic nitrogens is 4. The summed E-state index contributed by atoms with van der Waals surface area (Å²) in [5.74, 6) is 1.93. The number of fused-ring (bicyclic) bond motifs is 3. The van der Waals surface area contributed by atoms with Gasteiger partial charge in [-0.1, -0.05) is 115 Å². The van der Waals surface area contributed by atoms with Crippen molar-refractivity contribution in [2.45, 2.75) is 0 Å². The fraction of sp³-hybridized carbons (Fsp3) is 0. The van der Waals surface area contributed by atoms with Gasteiger partial charge in [0.1, 0.15) is 0 Å². The van der Waals surface area contributed by atoms with Gasteiger partial charge >= 0.3 is 0 Å². The van der Waals surface area contributed by atoms with E-state index in [1.54, 1.807) is 0 Å². The monoisotopic (exact) mass is 536 g/mol. The maximum Gasteiger partial charge on any atom is 0.164 e. The lowest BCUT2D eigenvalue weighted by Crippen LogP contribution is -2.00. The Kier molecular flexibility index (Phi) is 5.75. The quantitative estimate of drug-likeness (QED) is 0.210. The van der Waals surface area contributed by atoms with Crippen molar-refractivity contribution in [2.75, 3.05) is 0 Å². The third kappa shape index (κ3) is 4.27. The maximum absolute atomic E-state index is 5.16. The summed E-state index contributed by atoms with van der Waals surface area (Å²) >= 11 is 0. The Morgan fingerprint density at radius 2 is 0.857 bits per heavy atom. The molecule has 4 heteroatoms. The third-order valence-electron chi connectivity index (χ3n) is 7.67. The highest BCUT2D eigenvalue weighted by Crippen LogP contribution is 2.36. The van der Waals surface area contributed by atoms with Crippen molar-refractivity contribution in [1.29, 1.82) is 0 Å². The van der Waals surface area contributed by atoms with Crippen LogP contribution in [0, 0.1) is 0 Å². The molecule has 4 nitrogen and oxygen atoms in total. The lowest BCUT2D eigenvalue weighted by Gasteiger charge is -2.12. The number of rotatable bonds is 4. The highest BCUT2D eigenvalue weighted by molar-refractivity contribution is 6.12. The fourth-order valence-corrected chi connectivity index (χ4v) is 5.63. The van der Waals surface area contributed by atoms with Crippen LogP contribution in [0.2, 0.25) is 0 Å². The molecule has 0 radical (unpaired) electrons. The summed E-state index contributed by atoms with van der Waals surface area (Å²) in [5, 5.41) is 5.85. The Bertz CT molecular complexity index is 2130. The molecule has 0 fully saturated rings. The molecular weight excluding hydrogens is 512 g/mol. The molecule has 8 rings (SSSR count). The number of pyridine rings is 1. The predicted octanol–water partition coefficient (Wildman–Crippen LogP) is 9.39. The fourth-order valence-electron chi connectivity index (χ4n) is 5.63. The molecule has 8 aromatic rings. The standard InChI is InChI=1S/C38H24N4/c1-3-11-25(12-4-1)36-40-37(26-13-5-2-6-14-26)42-38(41-36)30-20-21-33-29(24-30)19-22-34(39-33)35-31-17-9-7-15-27(31)23-28-16-8-10-18-32(28)35/h1-24H. The number of benzene rings is 6. The third-order valence-corrected chi connectivity index (χ3v) is 7.67. The minimum atomic E-state index is 0.633. The molecule has 6 aromatic carbocycles. The second kappa shape index (κ2) is 10.0. The van der Waals surface area contributed by atoms with Crippen LogP contribution in [0.25, 0.3) is 77.9 Å². The van der Waals surface area contributed by atoms with Gasteiger partial charge in [0.25, 0.3) is 0 Å². The van der Waals surface area contributed by atoms with Crippen molar-refractivity contribution in [2.24, 2.45) is 0 Å². The zero-order valence-electron chi connectivity index (χ0n) is 22.6. The first-order chi connectivity index (χ1) is 20.8. The highest BCUT2D eigenvalue weighted by Gasteiger charge is 2.14. The molecule has 2 heterocycles. The molecular formula is C38H24N4. The summed E-state index contributed by atoms with van der Waals surface area (Å²) in [5.41, 5.74) is 5.87. The summed E-state index contributed by atoms with van der Waals surface area (Å²) in [4.78, 5) is 19.8. The molecule has 0 spiro atoms. The van der Waals surface area contributed by atoms with E-state index in [0.29, 0.717) is 17.5 Å². The van der Waals surface area contributed by atoms with Crippen molar-refractivity contribution in [3.8, 4) is 45.4 Å².